The normalized spacial score (nSPS) is 15.8. The second kappa shape index (κ2) is 3.94. The Balaban J connectivity index is 2.29. The minimum absolute atomic E-state index is 0.0702. The molecule has 4 rings (SSSR count). The molecule has 1 aliphatic rings. The van der Waals surface area contributed by atoms with Gasteiger partial charge in [-0.05, 0) is 54.1 Å². The van der Waals surface area contributed by atoms with Crippen LogP contribution < -0.4 is 0 Å². The van der Waals surface area contributed by atoms with Crippen LogP contribution >= 0.6 is 0 Å². The first kappa shape index (κ1) is 12.6. The molecule has 0 radical (unpaired) electrons. The molecule has 0 bridgehead atoms. The number of nitrogens with zero attached hydrogens (tertiary/aromatic N) is 1. The van der Waals surface area contributed by atoms with E-state index in [-0.39, 0.29) is 5.41 Å². The summed E-state index contributed by atoms with van der Waals surface area (Å²) >= 11 is 0. The van der Waals surface area contributed by atoms with E-state index in [1.165, 1.54) is 38.4 Å². The zero-order valence-corrected chi connectivity index (χ0v) is 13.0. The van der Waals surface area contributed by atoms with Gasteiger partial charge in [0.25, 0.3) is 0 Å². The highest BCUT2D eigenvalue weighted by Gasteiger charge is 2.25. The van der Waals surface area contributed by atoms with Crippen molar-refractivity contribution >= 4 is 27.8 Å². The van der Waals surface area contributed by atoms with Crippen LogP contribution in [0.4, 0.5) is 0 Å². The molecule has 2 aromatic carbocycles. The molecule has 104 valence electrons. The van der Waals surface area contributed by atoms with Gasteiger partial charge < -0.3 is 0 Å². The average molecular weight is 273 g/mol. The van der Waals surface area contributed by atoms with E-state index in [1.54, 1.807) is 0 Å². The predicted octanol–water partition coefficient (Wildman–Crippen LogP) is 5.31. The Morgan fingerprint density at radius 1 is 1.00 bits per heavy atom. The lowest BCUT2D eigenvalue weighted by Gasteiger charge is -2.28. The summed E-state index contributed by atoms with van der Waals surface area (Å²) in [5, 5.41) is 3.92. The van der Waals surface area contributed by atoms with Crippen molar-refractivity contribution in [2.24, 2.45) is 0 Å². The number of benzene rings is 2. The molecule has 0 unspecified atom stereocenters. The summed E-state index contributed by atoms with van der Waals surface area (Å²) in [5.41, 5.74) is 6.52. The topological polar surface area (TPSA) is 12.9 Å². The van der Waals surface area contributed by atoms with E-state index < -0.39 is 0 Å². The van der Waals surface area contributed by atoms with E-state index >= 15 is 0 Å². The molecule has 1 heterocycles. The average Bonchev–Trinajstić information content (AvgIpc) is 2.44. The van der Waals surface area contributed by atoms with Gasteiger partial charge in [0.05, 0.1) is 5.52 Å². The van der Waals surface area contributed by atoms with Crippen molar-refractivity contribution in [3.8, 4) is 0 Å². The van der Waals surface area contributed by atoms with E-state index in [9.17, 15) is 0 Å². The summed E-state index contributed by atoms with van der Waals surface area (Å²) < 4.78 is 0. The Hall–Kier alpha value is -2.15. The van der Waals surface area contributed by atoms with Gasteiger partial charge in [0.2, 0.25) is 0 Å². The fraction of sp³-hybridized carbons (Fsp3) is 0.250. The fourth-order valence-electron chi connectivity index (χ4n) is 3.61. The summed E-state index contributed by atoms with van der Waals surface area (Å²) in [6.07, 6.45) is 6.52. The third kappa shape index (κ3) is 1.67. The molecule has 1 heteroatoms. The number of hydrogen-bond donors (Lipinski definition) is 0. The molecule has 1 aliphatic carbocycles. The number of allylic oxidation sites excluding steroid dienone is 1. The van der Waals surface area contributed by atoms with Crippen molar-refractivity contribution in [2.45, 2.75) is 33.1 Å². The van der Waals surface area contributed by atoms with Gasteiger partial charge >= 0.3 is 0 Å². The number of hydrogen-bond acceptors (Lipinski definition) is 1. The van der Waals surface area contributed by atoms with Crippen molar-refractivity contribution in [3.63, 3.8) is 0 Å². The number of aromatic nitrogens is 1. The molecule has 0 saturated carbocycles. The second-order valence-corrected chi connectivity index (χ2v) is 6.78. The molecule has 0 N–H and O–H groups in total. The number of rotatable bonds is 0. The van der Waals surface area contributed by atoms with Crippen molar-refractivity contribution in [3.05, 3.63) is 58.8 Å². The van der Waals surface area contributed by atoms with Crippen LogP contribution in [0.15, 0.2) is 36.5 Å². The number of aryl methyl sites for hydroxylation is 2. The molecule has 0 atom stereocenters. The zero-order chi connectivity index (χ0) is 14.8. The van der Waals surface area contributed by atoms with E-state index in [1.807, 2.05) is 6.20 Å². The maximum Gasteiger partial charge on any atom is 0.0789 e. The van der Waals surface area contributed by atoms with Gasteiger partial charge in [-0.1, -0.05) is 37.6 Å². The van der Waals surface area contributed by atoms with Gasteiger partial charge in [0.15, 0.2) is 0 Å². The van der Waals surface area contributed by atoms with Crippen molar-refractivity contribution < 1.29 is 0 Å². The molecule has 1 nitrogen and oxygen atoms in total. The summed E-state index contributed by atoms with van der Waals surface area (Å²) in [7, 11) is 0. The Morgan fingerprint density at radius 2 is 1.81 bits per heavy atom. The van der Waals surface area contributed by atoms with Crippen LogP contribution in [0.1, 0.15) is 36.1 Å². The number of pyridine rings is 1. The monoisotopic (exact) mass is 273 g/mol. The van der Waals surface area contributed by atoms with E-state index in [0.29, 0.717) is 0 Å². The number of fused-ring (bicyclic) bond motifs is 2. The molecule has 0 fully saturated rings. The van der Waals surface area contributed by atoms with Gasteiger partial charge in [-0.2, -0.15) is 0 Å². The van der Waals surface area contributed by atoms with E-state index in [0.717, 1.165) is 5.52 Å². The van der Waals surface area contributed by atoms with Crippen molar-refractivity contribution in [2.75, 3.05) is 0 Å². The third-order valence-corrected chi connectivity index (χ3v) is 4.70. The molecule has 3 aromatic rings. The Kier molecular flexibility index (Phi) is 2.36. The highest BCUT2D eigenvalue weighted by molar-refractivity contribution is 6.11. The van der Waals surface area contributed by atoms with Crippen LogP contribution in [0.2, 0.25) is 0 Å². The summed E-state index contributed by atoms with van der Waals surface area (Å²) in [6, 6.07) is 9.01. The first-order valence-electron chi connectivity index (χ1n) is 7.50. The summed E-state index contributed by atoms with van der Waals surface area (Å²) in [4.78, 5) is 4.73. The van der Waals surface area contributed by atoms with Gasteiger partial charge in [-0.15, -0.1) is 0 Å². The smallest absolute Gasteiger partial charge is 0.0789 e. The molecular formula is C20H19N. The van der Waals surface area contributed by atoms with Gasteiger partial charge in [0.1, 0.15) is 0 Å². The lowest BCUT2D eigenvalue weighted by atomic mass is 9.77. The van der Waals surface area contributed by atoms with Crippen LogP contribution in [-0.4, -0.2) is 4.98 Å². The summed E-state index contributed by atoms with van der Waals surface area (Å²) in [6.45, 7) is 8.89. The Bertz CT molecular complexity index is 930. The van der Waals surface area contributed by atoms with E-state index in [2.05, 4.69) is 64.1 Å². The van der Waals surface area contributed by atoms with Crippen LogP contribution in [0, 0.1) is 13.8 Å². The maximum atomic E-state index is 4.73. The van der Waals surface area contributed by atoms with E-state index in [4.69, 9.17) is 4.98 Å². The third-order valence-electron chi connectivity index (χ3n) is 4.70. The Labute approximate surface area is 125 Å². The van der Waals surface area contributed by atoms with Crippen molar-refractivity contribution in [1.82, 2.24) is 4.98 Å². The minimum atomic E-state index is 0.0702. The zero-order valence-electron chi connectivity index (χ0n) is 13.0. The fourth-order valence-corrected chi connectivity index (χ4v) is 3.61. The van der Waals surface area contributed by atoms with Gasteiger partial charge in [-0.3, -0.25) is 4.98 Å². The van der Waals surface area contributed by atoms with Crippen LogP contribution in [0.3, 0.4) is 0 Å². The first-order valence-corrected chi connectivity index (χ1v) is 7.50. The quantitative estimate of drug-likeness (QED) is 0.506. The predicted molar refractivity (Wildman–Crippen MR) is 90.8 cm³/mol. The lowest BCUT2D eigenvalue weighted by molar-refractivity contribution is 0.676. The largest absolute Gasteiger partial charge is 0.256 e. The molecule has 0 aliphatic heterocycles. The van der Waals surface area contributed by atoms with Crippen molar-refractivity contribution in [1.29, 1.82) is 0 Å². The van der Waals surface area contributed by atoms with Gasteiger partial charge in [0, 0.05) is 22.4 Å². The van der Waals surface area contributed by atoms with Gasteiger partial charge in [-0.25, -0.2) is 0 Å². The van der Waals surface area contributed by atoms with Crippen LogP contribution in [0.25, 0.3) is 27.8 Å². The molecular weight excluding hydrogens is 254 g/mol. The molecule has 21 heavy (non-hydrogen) atoms. The molecule has 0 spiro atoms. The highest BCUT2D eigenvalue weighted by Crippen LogP contribution is 2.41. The second-order valence-electron chi connectivity index (χ2n) is 6.78. The molecule has 1 aromatic heterocycles. The molecule has 0 amide bonds. The van der Waals surface area contributed by atoms with Crippen LogP contribution in [0.5, 0.6) is 0 Å². The molecule has 0 saturated heterocycles. The Morgan fingerprint density at radius 3 is 2.62 bits per heavy atom. The highest BCUT2D eigenvalue weighted by atomic mass is 14.7. The standard InChI is InChI=1S/C20H19N/c1-12-9-13(2)15-11-14-5-7-20(3,4)17-6-8-21-19(18(14)17)16(15)10-12/h5-11H,1-4H3. The lowest BCUT2D eigenvalue weighted by Crippen LogP contribution is -2.17. The maximum absolute atomic E-state index is 4.73. The van der Waals surface area contributed by atoms with Crippen LogP contribution in [-0.2, 0) is 5.41 Å². The summed E-state index contributed by atoms with van der Waals surface area (Å²) in [5.74, 6) is 0. The SMILES string of the molecule is Cc1cc(C)c2cc3c4c(ccnc4c2c1)C(C)(C)C=C3. The minimum Gasteiger partial charge on any atom is -0.256 e. The first-order chi connectivity index (χ1) is 9.97.